The van der Waals surface area contributed by atoms with Gasteiger partial charge in [0.05, 0.1) is 18.6 Å². The molecule has 0 spiro atoms. The molecule has 0 aromatic carbocycles. The number of carboxylic acids is 2. The summed E-state index contributed by atoms with van der Waals surface area (Å²) >= 11 is 1.51. The molecule has 0 atom stereocenters. The molecule has 1 aromatic rings. The van der Waals surface area contributed by atoms with Crippen LogP contribution in [0.25, 0.3) is 5.57 Å². The summed E-state index contributed by atoms with van der Waals surface area (Å²) in [6.07, 6.45) is 3.28. The van der Waals surface area contributed by atoms with Crippen molar-refractivity contribution in [3.8, 4) is 5.88 Å². The van der Waals surface area contributed by atoms with E-state index in [1.54, 1.807) is 7.11 Å². The Bertz CT molecular complexity index is 535. The number of likely N-dealkylation sites (N-methyl/N-ethyl adjacent to an activating group) is 1. The number of hydrogen-bond acceptors (Lipinski definition) is 7. The van der Waals surface area contributed by atoms with Crippen LogP contribution in [0, 0.1) is 0 Å². The topological polar surface area (TPSA) is 120 Å². The third-order valence-corrected chi connectivity index (χ3v) is 3.89. The van der Waals surface area contributed by atoms with Crippen molar-refractivity contribution in [2.24, 2.45) is 0 Å². The minimum atomic E-state index is -1.82. The average Bonchev–Trinajstić information content (AvgIpc) is 2.91. The highest BCUT2D eigenvalue weighted by Crippen LogP contribution is 2.31. The Morgan fingerprint density at radius 3 is 2.45 bits per heavy atom. The van der Waals surface area contributed by atoms with Gasteiger partial charge in [0.15, 0.2) is 0 Å². The monoisotopic (exact) mass is 330 g/mol. The zero-order chi connectivity index (χ0) is 16.7. The summed E-state index contributed by atoms with van der Waals surface area (Å²) < 4.78 is 5.13. The van der Waals surface area contributed by atoms with Gasteiger partial charge in [0.25, 0.3) is 0 Å². The predicted octanol–water partition coefficient (Wildman–Crippen LogP) is 0.519. The first kappa shape index (κ1) is 18.1. The number of carbonyl (C=O) groups is 2. The summed E-state index contributed by atoms with van der Waals surface area (Å²) in [6, 6.07) is 0. The highest BCUT2D eigenvalue weighted by atomic mass is 32.1. The molecular formula is C13H18N2O6S. The van der Waals surface area contributed by atoms with E-state index in [2.05, 4.69) is 23.0 Å². The maximum Gasteiger partial charge on any atom is 0.414 e. The molecular weight excluding hydrogens is 312 g/mol. The van der Waals surface area contributed by atoms with Gasteiger partial charge < -0.3 is 25.0 Å². The molecule has 122 valence electrons. The number of aromatic nitrogens is 1. The van der Waals surface area contributed by atoms with Gasteiger partial charge in [0, 0.05) is 13.1 Å². The van der Waals surface area contributed by atoms with Crippen LogP contribution < -0.4 is 4.74 Å². The molecule has 0 fully saturated rings. The molecule has 0 bridgehead atoms. The third kappa shape index (κ3) is 5.10. The smallest absolute Gasteiger partial charge is 0.414 e. The van der Waals surface area contributed by atoms with Crippen molar-refractivity contribution >= 4 is 28.8 Å². The lowest BCUT2D eigenvalue weighted by Crippen LogP contribution is -2.24. The summed E-state index contributed by atoms with van der Waals surface area (Å²) in [5.41, 5.74) is 1.23. The second-order valence-electron chi connectivity index (χ2n) is 4.48. The number of carboxylic acid groups (broad SMARTS) is 2. The molecule has 1 aromatic heterocycles. The summed E-state index contributed by atoms with van der Waals surface area (Å²) in [6.45, 7) is 2.00. The summed E-state index contributed by atoms with van der Waals surface area (Å²) in [7, 11) is 3.68. The van der Waals surface area contributed by atoms with E-state index in [1.165, 1.54) is 16.9 Å². The Balaban J connectivity index is 0.000000346. The van der Waals surface area contributed by atoms with Gasteiger partial charge >= 0.3 is 11.9 Å². The van der Waals surface area contributed by atoms with Crippen LogP contribution in [0.2, 0.25) is 0 Å². The summed E-state index contributed by atoms with van der Waals surface area (Å²) in [4.78, 5) is 25.7. The Hall–Kier alpha value is -1.97. The zero-order valence-corrected chi connectivity index (χ0v) is 13.1. The van der Waals surface area contributed by atoms with Gasteiger partial charge in [-0.15, -0.1) is 11.3 Å². The molecule has 2 heterocycles. The molecule has 0 amide bonds. The molecule has 3 N–H and O–H groups in total. The van der Waals surface area contributed by atoms with E-state index in [1.807, 2.05) is 0 Å². The van der Waals surface area contributed by atoms with Crippen LogP contribution in [0.15, 0.2) is 6.08 Å². The van der Waals surface area contributed by atoms with Gasteiger partial charge in [-0.1, -0.05) is 6.08 Å². The lowest BCUT2D eigenvalue weighted by molar-refractivity contribution is -0.159. The van der Waals surface area contributed by atoms with Gasteiger partial charge in [-0.05, 0) is 19.0 Å². The lowest BCUT2D eigenvalue weighted by atomic mass is 10.1. The number of aliphatic hydroxyl groups is 1. The molecule has 8 nitrogen and oxygen atoms in total. The van der Waals surface area contributed by atoms with Crippen LogP contribution in [0.5, 0.6) is 5.88 Å². The minimum Gasteiger partial charge on any atom is -0.480 e. The quantitative estimate of drug-likeness (QED) is 0.686. The van der Waals surface area contributed by atoms with Crippen molar-refractivity contribution in [2.45, 2.75) is 13.0 Å². The summed E-state index contributed by atoms with van der Waals surface area (Å²) in [5.74, 6) is -3.10. The Morgan fingerprint density at radius 2 is 2.05 bits per heavy atom. The van der Waals surface area contributed by atoms with Crippen LogP contribution in [0.1, 0.15) is 16.3 Å². The Morgan fingerprint density at radius 1 is 1.41 bits per heavy atom. The third-order valence-electron chi connectivity index (χ3n) is 2.80. The number of thiazole rings is 1. The number of rotatable bonds is 3. The van der Waals surface area contributed by atoms with E-state index in [9.17, 15) is 5.11 Å². The van der Waals surface area contributed by atoms with Crippen LogP contribution in [-0.4, -0.2) is 64.4 Å². The van der Waals surface area contributed by atoms with Crippen LogP contribution >= 0.6 is 11.3 Å². The van der Waals surface area contributed by atoms with Crippen molar-refractivity contribution in [3.63, 3.8) is 0 Å². The van der Waals surface area contributed by atoms with Crippen molar-refractivity contribution in [3.05, 3.63) is 16.0 Å². The highest BCUT2D eigenvalue weighted by molar-refractivity contribution is 7.13. The molecule has 0 unspecified atom stereocenters. The van der Waals surface area contributed by atoms with Crippen molar-refractivity contribution in [1.82, 2.24) is 9.88 Å². The van der Waals surface area contributed by atoms with E-state index in [-0.39, 0.29) is 6.61 Å². The van der Waals surface area contributed by atoms with Crippen molar-refractivity contribution < 1.29 is 29.6 Å². The number of aliphatic carboxylic acids is 2. The molecule has 9 heteroatoms. The van der Waals surface area contributed by atoms with E-state index >= 15 is 0 Å². The Labute approximate surface area is 131 Å². The van der Waals surface area contributed by atoms with Gasteiger partial charge in [0.2, 0.25) is 5.88 Å². The van der Waals surface area contributed by atoms with E-state index < -0.39 is 11.9 Å². The van der Waals surface area contributed by atoms with Crippen LogP contribution in [0.3, 0.4) is 0 Å². The SMILES string of the molecule is COc1nc(C2=CCCN(C)C2)sc1CO.O=C(O)C(=O)O. The van der Waals surface area contributed by atoms with Crippen LogP contribution in [0.4, 0.5) is 0 Å². The maximum atomic E-state index is 9.17. The lowest BCUT2D eigenvalue weighted by Gasteiger charge is -2.21. The fourth-order valence-electron chi connectivity index (χ4n) is 1.78. The highest BCUT2D eigenvalue weighted by Gasteiger charge is 2.17. The first-order valence-corrected chi connectivity index (χ1v) is 7.19. The van der Waals surface area contributed by atoms with Gasteiger partial charge in [-0.3, -0.25) is 0 Å². The number of nitrogens with zero attached hydrogens (tertiary/aromatic N) is 2. The van der Waals surface area contributed by atoms with Crippen molar-refractivity contribution in [2.75, 3.05) is 27.2 Å². The summed E-state index contributed by atoms with van der Waals surface area (Å²) in [5, 5.41) is 24.9. The van der Waals surface area contributed by atoms with Crippen molar-refractivity contribution in [1.29, 1.82) is 0 Å². The molecule has 1 aliphatic rings. The molecule has 0 saturated heterocycles. The Kier molecular flexibility index (Phi) is 6.96. The predicted molar refractivity (Wildman–Crippen MR) is 80.0 cm³/mol. The zero-order valence-electron chi connectivity index (χ0n) is 12.3. The second kappa shape index (κ2) is 8.47. The maximum absolute atomic E-state index is 9.17. The molecule has 22 heavy (non-hydrogen) atoms. The fourth-order valence-corrected chi connectivity index (χ4v) is 2.70. The first-order chi connectivity index (χ1) is 10.4. The molecule has 0 radical (unpaired) electrons. The van der Waals surface area contributed by atoms with Gasteiger partial charge in [-0.2, -0.15) is 0 Å². The standard InChI is InChI=1S/C11H16N2O2S.C2H2O4/c1-13-5-3-4-8(6-13)11-12-10(15-2)9(7-14)16-11;3-1(4)2(5)6/h4,14H,3,5-7H2,1-2H3;(H,3,4)(H,5,6). The largest absolute Gasteiger partial charge is 0.480 e. The molecule has 1 aliphatic heterocycles. The number of hydrogen-bond donors (Lipinski definition) is 3. The minimum absolute atomic E-state index is 0.00996. The normalized spacial score (nSPS) is 14.6. The molecule has 0 saturated carbocycles. The number of methoxy groups -OCH3 is 1. The molecule has 0 aliphatic carbocycles. The fraction of sp³-hybridized carbons (Fsp3) is 0.462. The first-order valence-electron chi connectivity index (χ1n) is 6.37. The van der Waals surface area contributed by atoms with Gasteiger partial charge in [-0.25, -0.2) is 14.6 Å². The van der Waals surface area contributed by atoms with E-state index in [4.69, 9.17) is 24.5 Å². The molecule has 2 rings (SSSR count). The average molecular weight is 330 g/mol. The number of aliphatic hydroxyl groups excluding tert-OH is 1. The van der Waals surface area contributed by atoms with E-state index in [0.717, 1.165) is 29.4 Å². The number of ether oxygens (including phenoxy) is 1. The van der Waals surface area contributed by atoms with Gasteiger partial charge in [0.1, 0.15) is 5.01 Å². The van der Waals surface area contributed by atoms with Crippen LogP contribution in [-0.2, 0) is 16.2 Å². The second-order valence-corrected chi connectivity index (χ2v) is 5.56. The van der Waals surface area contributed by atoms with E-state index in [0.29, 0.717) is 5.88 Å².